The van der Waals surface area contributed by atoms with Gasteiger partial charge in [-0.2, -0.15) is 4.98 Å². The van der Waals surface area contributed by atoms with E-state index in [1.165, 1.54) is 0 Å². The highest BCUT2D eigenvalue weighted by Crippen LogP contribution is 2.32. The number of nitrogens with one attached hydrogen (secondary N) is 1. The number of piperidine rings is 1. The van der Waals surface area contributed by atoms with Crippen LogP contribution in [0.25, 0.3) is 11.0 Å². The van der Waals surface area contributed by atoms with Crippen molar-refractivity contribution in [3.8, 4) is 0 Å². The van der Waals surface area contributed by atoms with Crippen molar-refractivity contribution in [2.24, 2.45) is 0 Å². The van der Waals surface area contributed by atoms with Crippen molar-refractivity contribution in [3.05, 3.63) is 28.2 Å². The third-order valence-corrected chi connectivity index (χ3v) is 6.69. The van der Waals surface area contributed by atoms with E-state index in [9.17, 15) is 18.3 Å². The van der Waals surface area contributed by atoms with Crippen molar-refractivity contribution in [1.82, 2.24) is 18.8 Å². The van der Waals surface area contributed by atoms with Gasteiger partial charge in [-0.1, -0.05) is 0 Å². The topological polar surface area (TPSA) is 117 Å². The number of aryl methyl sites for hydroxylation is 1. The molecule has 1 saturated carbocycles. The molecule has 11 heteroatoms. The number of aliphatic hydroxyl groups is 1. The third kappa shape index (κ3) is 4.58. The van der Waals surface area contributed by atoms with E-state index in [0.717, 1.165) is 23.1 Å². The number of fused-ring (bicyclic) bond motifs is 1. The molecule has 0 bridgehead atoms. The summed E-state index contributed by atoms with van der Waals surface area (Å²) in [6.45, 7) is -4.10. The third-order valence-electron chi connectivity index (χ3n) is 5.50. The van der Waals surface area contributed by atoms with Gasteiger partial charge in [0.25, 0.3) is 5.56 Å². The molecule has 2 aromatic rings. The molecule has 2 fully saturated rings. The predicted molar refractivity (Wildman–Crippen MR) is 115 cm³/mol. The average molecular weight is 461 g/mol. The largest absolute Gasteiger partial charge is 0.393 e. The second-order valence-electron chi connectivity index (χ2n) is 7.77. The number of rotatable bonds is 4. The lowest BCUT2D eigenvalue weighted by Crippen LogP contribution is -2.42. The van der Waals surface area contributed by atoms with Crippen LogP contribution in [0.4, 0.5) is 10.3 Å². The van der Waals surface area contributed by atoms with Crippen LogP contribution in [0.2, 0.25) is 0 Å². The van der Waals surface area contributed by atoms with E-state index < -0.39 is 78.2 Å². The molecule has 31 heavy (non-hydrogen) atoms. The summed E-state index contributed by atoms with van der Waals surface area (Å²) in [5.41, 5.74) is -1.77. The number of pyridine rings is 1. The Morgan fingerprint density at radius 2 is 2.10 bits per heavy atom. The van der Waals surface area contributed by atoms with E-state index in [-0.39, 0.29) is 36.2 Å². The van der Waals surface area contributed by atoms with Crippen molar-refractivity contribution in [2.75, 3.05) is 24.7 Å². The molecule has 1 aliphatic heterocycles. The molecule has 2 aliphatic rings. The second kappa shape index (κ2) is 8.44. The van der Waals surface area contributed by atoms with Crippen LogP contribution in [0.1, 0.15) is 53.2 Å². The van der Waals surface area contributed by atoms with Gasteiger partial charge in [-0.05, 0) is 44.9 Å². The Kier molecular flexibility index (Phi) is 4.04. The minimum absolute atomic E-state index is 0.0622. The molecule has 0 amide bonds. The molecule has 0 radical (unpaired) electrons. The van der Waals surface area contributed by atoms with E-state index in [2.05, 4.69) is 15.3 Å². The summed E-state index contributed by atoms with van der Waals surface area (Å²) in [5, 5.41) is 12.8. The SMILES string of the molecule is [2H]C([2H])([2H])c1cc2cnc(NC3C([2H])([2H])CN(S(C)(=O)=O)CC3([2H])[2H])nc2n([C@H]2C[C@H](O)CC[C@@H]2F)c1=O. The van der Waals surface area contributed by atoms with Gasteiger partial charge in [0.05, 0.1) is 18.4 Å². The van der Waals surface area contributed by atoms with Crippen molar-refractivity contribution in [2.45, 2.75) is 63.2 Å². The average Bonchev–Trinajstić information content (AvgIpc) is 2.76. The van der Waals surface area contributed by atoms with Crippen LogP contribution in [0.5, 0.6) is 0 Å². The van der Waals surface area contributed by atoms with Gasteiger partial charge in [-0.25, -0.2) is 22.1 Å². The number of hydrogen-bond acceptors (Lipinski definition) is 7. The molecule has 170 valence electrons. The first-order valence-corrected chi connectivity index (χ1v) is 11.6. The molecule has 1 saturated heterocycles. The minimum atomic E-state index is -3.89. The lowest BCUT2D eigenvalue weighted by molar-refractivity contribution is 0.0555. The molecule has 9 nitrogen and oxygen atoms in total. The summed E-state index contributed by atoms with van der Waals surface area (Å²) in [7, 11) is -3.89. The van der Waals surface area contributed by atoms with Crippen LogP contribution in [0, 0.1) is 6.85 Å². The minimum Gasteiger partial charge on any atom is -0.393 e. The monoisotopic (exact) mass is 460 g/mol. The van der Waals surface area contributed by atoms with E-state index in [4.69, 9.17) is 9.60 Å². The molecule has 0 spiro atoms. The van der Waals surface area contributed by atoms with Crippen molar-refractivity contribution in [3.63, 3.8) is 0 Å². The van der Waals surface area contributed by atoms with Crippen molar-refractivity contribution >= 4 is 27.0 Å². The van der Waals surface area contributed by atoms with Gasteiger partial charge in [0.2, 0.25) is 16.0 Å². The lowest BCUT2D eigenvalue weighted by Gasteiger charge is -2.32. The number of aliphatic hydroxyl groups excluding tert-OH is 1. The van der Waals surface area contributed by atoms with Gasteiger partial charge in [-0.15, -0.1) is 0 Å². The molecule has 3 heterocycles. The normalized spacial score (nSPS) is 33.3. The highest BCUT2D eigenvalue weighted by molar-refractivity contribution is 7.88. The van der Waals surface area contributed by atoms with Crippen LogP contribution in [-0.2, 0) is 10.0 Å². The maximum Gasteiger partial charge on any atom is 0.255 e. The fourth-order valence-electron chi connectivity index (χ4n) is 3.83. The second-order valence-corrected chi connectivity index (χ2v) is 9.76. The Labute approximate surface area is 190 Å². The Balaban J connectivity index is 1.83. The molecule has 3 atom stereocenters. The molecule has 2 N–H and O–H groups in total. The number of alkyl halides is 1. The predicted octanol–water partition coefficient (Wildman–Crippen LogP) is 1.36. The number of halogens is 1. The lowest BCUT2D eigenvalue weighted by atomic mass is 9.90. The van der Waals surface area contributed by atoms with Crippen LogP contribution in [0.3, 0.4) is 0 Å². The molecule has 1 aliphatic carbocycles. The van der Waals surface area contributed by atoms with Crippen LogP contribution < -0.4 is 10.9 Å². The van der Waals surface area contributed by atoms with Gasteiger partial charge >= 0.3 is 0 Å². The Morgan fingerprint density at radius 1 is 1.35 bits per heavy atom. The maximum absolute atomic E-state index is 15.0. The van der Waals surface area contributed by atoms with Crippen molar-refractivity contribution < 1.29 is 27.5 Å². The van der Waals surface area contributed by atoms with Gasteiger partial charge in [-0.3, -0.25) is 9.36 Å². The van der Waals surface area contributed by atoms with E-state index in [0.29, 0.717) is 4.31 Å². The van der Waals surface area contributed by atoms with Crippen LogP contribution in [-0.4, -0.2) is 70.0 Å². The summed E-state index contributed by atoms with van der Waals surface area (Å²) < 4.78 is 97.2. The quantitative estimate of drug-likeness (QED) is 0.707. The van der Waals surface area contributed by atoms with Crippen LogP contribution >= 0.6 is 0 Å². The summed E-state index contributed by atoms with van der Waals surface area (Å²) in [6.07, 6.45) is -5.38. The summed E-state index contributed by atoms with van der Waals surface area (Å²) in [6, 6.07) is -1.77. The number of hydrogen-bond donors (Lipinski definition) is 2. The summed E-state index contributed by atoms with van der Waals surface area (Å²) in [4.78, 5) is 21.6. The molecule has 2 aromatic heterocycles. The molecular weight excluding hydrogens is 425 g/mol. The summed E-state index contributed by atoms with van der Waals surface area (Å²) in [5.74, 6) is -0.329. The zero-order valence-electron chi connectivity index (χ0n) is 23.7. The Hall–Kier alpha value is -2.11. The van der Waals surface area contributed by atoms with E-state index >= 15 is 4.39 Å². The van der Waals surface area contributed by atoms with Gasteiger partial charge in [0.1, 0.15) is 11.8 Å². The Morgan fingerprint density at radius 3 is 2.77 bits per heavy atom. The first kappa shape index (κ1) is 14.9. The standard InChI is InChI=1S/C20H28FN5O4S/c1-12-9-13-11-22-20(23-14-5-7-25(8-6-14)31(2,29)30)24-18(13)26(19(12)28)17-10-15(27)3-4-16(17)21/h9,11,14-17,27H,3-8,10H2,1-2H3,(H,22,23,24)/t15-,16+,17+/m1/s1/i1D3,5D2,6D2. The van der Waals surface area contributed by atoms with E-state index in [1.54, 1.807) is 0 Å². The number of nitrogens with zero attached hydrogens (tertiary/aromatic N) is 4. The van der Waals surface area contributed by atoms with Gasteiger partial charge in [0, 0.05) is 45.9 Å². The smallest absolute Gasteiger partial charge is 0.255 e. The number of aromatic nitrogens is 3. The van der Waals surface area contributed by atoms with Crippen molar-refractivity contribution in [1.29, 1.82) is 0 Å². The maximum atomic E-state index is 15.0. The molecule has 4 rings (SSSR count). The van der Waals surface area contributed by atoms with E-state index in [1.807, 2.05) is 0 Å². The van der Waals surface area contributed by atoms with Gasteiger partial charge < -0.3 is 10.4 Å². The molecule has 0 aromatic carbocycles. The number of anilines is 1. The fraction of sp³-hybridized carbons (Fsp3) is 0.650. The first-order chi connectivity index (χ1) is 17.3. The van der Waals surface area contributed by atoms with Crippen LogP contribution in [0.15, 0.2) is 17.1 Å². The number of sulfonamides is 1. The fourth-order valence-corrected chi connectivity index (χ4v) is 4.45. The first-order valence-electron chi connectivity index (χ1n) is 13.3. The molecular formula is C20H28FN5O4S. The molecule has 0 unspecified atom stereocenters. The highest BCUT2D eigenvalue weighted by Gasteiger charge is 2.33. The summed E-state index contributed by atoms with van der Waals surface area (Å²) >= 11 is 0. The van der Waals surface area contributed by atoms with Gasteiger partial charge in [0.15, 0.2) is 0 Å². The zero-order valence-corrected chi connectivity index (χ0v) is 17.6. The highest BCUT2D eigenvalue weighted by atomic mass is 32.2. The zero-order chi connectivity index (χ0) is 28.4. The Bertz CT molecular complexity index is 1390.